The lowest BCUT2D eigenvalue weighted by Gasteiger charge is -2.10. The number of ether oxygens (including phenoxy) is 1. The normalized spacial score (nSPS) is 15.4. The van der Waals surface area contributed by atoms with Gasteiger partial charge in [0.25, 0.3) is 5.91 Å². The third-order valence-corrected chi connectivity index (χ3v) is 4.55. The molecule has 1 amide bonds. The first kappa shape index (κ1) is 16.6. The average Bonchev–Trinajstić information content (AvgIpc) is 3.19. The number of halogens is 2. The van der Waals surface area contributed by atoms with Crippen LogP contribution in [0.1, 0.15) is 11.1 Å². The van der Waals surface area contributed by atoms with E-state index in [0.717, 1.165) is 11.3 Å². The third-order valence-electron chi connectivity index (χ3n) is 4.23. The largest absolute Gasteiger partial charge is 0.480 e. The van der Waals surface area contributed by atoms with Gasteiger partial charge in [-0.25, -0.2) is 9.07 Å². The molecular formula is C19H15ClFN3O2. The number of hydrogen-bond donors (Lipinski definition) is 1. The van der Waals surface area contributed by atoms with E-state index in [9.17, 15) is 9.18 Å². The number of nitrogens with zero attached hydrogens (tertiary/aromatic N) is 2. The van der Waals surface area contributed by atoms with Crippen molar-refractivity contribution in [2.45, 2.75) is 19.4 Å². The molecular weight excluding hydrogens is 357 g/mol. The number of carbonyl (C=O) groups is 1. The molecule has 5 nitrogen and oxygen atoms in total. The number of amides is 1. The molecule has 0 saturated heterocycles. The van der Waals surface area contributed by atoms with Crippen molar-refractivity contribution in [1.82, 2.24) is 9.78 Å². The number of aromatic nitrogens is 2. The molecule has 1 aliphatic heterocycles. The topological polar surface area (TPSA) is 56.2 Å². The van der Waals surface area contributed by atoms with Crippen LogP contribution in [-0.2, 0) is 11.2 Å². The Morgan fingerprint density at radius 2 is 2.15 bits per heavy atom. The minimum Gasteiger partial charge on any atom is -0.480 e. The summed E-state index contributed by atoms with van der Waals surface area (Å²) < 4.78 is 20.5. The van der Waals surface area contributed by atoms with E-state index in [1.165, 1.54) is 18.2 Å². The number of rotatable bonds is 3. The smallest absolute Gasteiger partial charge is 0.267 e. The minimum absolute atomic E-state index is 0.323. The number of carbonyl (C=O) groups excluding carboxylic acids is 1. The summed E-state index contributed by atoms with van der Waals surface area (Å²) >= 11 is 6.20. The lowest BCUT2D eigenvalue weighted by atomic mass is 10.1. The molecule has 26 heavy (non-hydrogen) atoms. The first-order chi connectivity index (χ1) is 12.5. The highest BCUT2D eigenvalue weighted by Crippen LogP contribution is 2.30. The van der Waals surface area contributed by atoms with E-state index in [0.29, 0.717) is 28.6 Å². The van der Waals surface area contributed by atoms with Gasteiger partial charge in [-0.3, -0.25) is 4.79 Å². The summed E-state index contributed by atoms with van der Waals surface area (Å²) in [5.74, 6) is 0.294. The van der Waals surface area contributed by atoms with Crippen molar-refractivity contribution in [2.24, 2.45) is 0 Å². The number of nitrogens with one attached hydrogen (secondary N) is 1. The second-order valence-corrected chi connectivity index (χ2v) is 6.52. The van der Waals surface area contributed by atoms with E-state index in [1.807, 2.05) is 25.1 Å². The van der Waals surface area contributed by atoms with Crippen molar-refractivity contribution in [3.63, 3.8) is 0 Å². The molecule has 132 valence electrons. The van der Waals surface area contributed by atoms with Crippen molar-refractivity contribution >= 4 is 23.3 Å². The zero-order chi connectivity index (χ0) is 18.3. The molecule has 0 aliphatic carbocycles. The van der Waals surface area contributed by atoms with Gasteiger partial charge in [0.05, 0.1) is 10.7 Å². The number of hydrogen-bond acceptors (Lipinski definition) is 3. The predicted molar refractivity (Wildman–Crippen MR) is 96.5 cm³/mol. The summed E-state index contributed by atoms with van der Waals surface area (Å²) in [6, 6.07) is 11.5. The summed E-state index contributed by atoms with van der Waals surface area (Å²) in [5.41, 5.74) is 2.20. The number of fused-ring (bicyclic) bond motifs is 1. The lowest BCUT2D eigenvalue weighted by Crippen LogP contribution is -2.31. The van der Waals surface area contributed by atoms with Gasteiger partial charge in [0.2, 0.25) is 0 Å². The minimum atomic E-state index is -0.711. The molecule has 3 aromatic rings. The van der Waals surface area contributed by atoms with E-state index < -0.39 is 6.10 Å². The van der Waals surface area contributed by atoms with Gasteiger partial charge < -0.3 is 10.1 Å². The van der Waals surface area contributed by atoms with Crippen LogP contribution in [0.5, 0.6) is 5.75 Å². The second kappa shape index (κ2) is 6.46. The zero-order valence-electron chi connectivity index (χ0n) is 13.9. The fourth-order valence-electron chi connectivity index (χ4n) is 2.91. The standard InChI is InChI=1S/C19H15ClFN3O2/c1-11-10-24(15-5-3-2-4-14(15)20)23-18(11)22-19(25)17-9-12-8-13(21)6-7-16(12)26-17/h2-8,10,17H,9H2,1H3,(H,22,23,25). The highest BCUT2D eigenvalue weighted by Gasteiger charge is 2.30. The molecule has 1 aliphatic rings. The van der Waals surface area contributed by atoms with Crippen LogP contribution in [0.25, 0.3) is 5.69 Å². The van der Waals surface area contributed by atoms with Crippen LogP contribution < -0.4 is 10.1 Å². The Hall–Kier alpha value is -2.86. The third kappa shape index (κ3) is 3.04. The van der Waals surface area contributed by atoms with Crippen LogP contribution >= 0.6 is 11.6 Å². The molecule has 0 spiro atoms. The first-order valence-electron chi connectivity index (χ1n) is 8.08. The van der Waals surface area contributed by atoms with Gasteiger partial charge in [0.1, 0.15) is 11.6 Å². The molecule has 4 rings (SSSR count). The van der Waals surface area contributed by atoms with Crippen LogP contribution in [0, 0.1) is 12.7 Å². The van der Waals surface area contributed by atoms with Crippen molar-refractivity contribution in [2.75, 3.05) is 5.32 Å². The van der Waals surface area contributed by atoms with Crippen LogP contribution in [-0.4, -0.2) is 21.8 Å². The van der Waals surface area contributed by atoms with Gasteiger partial charge in [-0.2, -0.15) is 0 Å². The molecule has 1 aromatic heterocycles. The predicted octanol–water partition coefficient (Wildman–Crippen LogP) is 3.92. The van der Waals surface area contributed by atoms with Gasteiger partial charge in [0, 0.05) is 23.7 Å². The van der Waals surface area contributed by atoms with Gasteiger partial charge >= 0.3 is 0 Å². The monoisotopic (exact) mass is 371 g/mol. The Kier molecular flexibility index (Phi) is 4.12. The quantitative estimate of drug-likeness (QED) is 0.759. The van der Waals surface area contributed by atoms with Crippen LogP contribution in [0.15, 0.2) is 48.7 Å². The van der Waals surface area contributed by atoms with Crippen molar-refractivity contribution in [3.05, 3.63) is 70.6 Å². The number of para-hydroxylation sites is 1. The van der Waals surface area contributed by atoms with Gasteiger partial charge in [-0.05, 0) is 37.3 Å². The van der Waals surface area contributed by atoms with Crippen LogP contribution in [0.2, 0.25) is 5.02 Å². The maximum atomic E-state index is 13.3. The van der Waals surface area contributed by atoms with Crippen molar-refractivity contribution in [1.29, 1.82) is 0 Å². The molecule has 0 fully saturated rings. The average molecular weight is 372 g/mol. The van der Waals surface area contributed by atoms with Crippen molar-refractivity contribution < 1.29 is 13.9 Å². The van der Waals surface area contributed by atoms with Gasteiger partial charge in [-0.1, -0.05) is 23.7 Å². The molecule has 0 saturated carbocycles. The Bertz CT molecular complexity index is 1000. The summed E-state index contributed by atoms with van der Waals surface area (Å²) in [7, 11) is 0. The van der Waals surface area contributed by atoms with E-state index in [1.54, 1.807) is 16.9 Å². The summed E-state index contributed by atoms with van der Waals surface area (Å²) in [4.78, 5) is 12.5. The molecule has 0 radical (unpaired) electrons. The van der Waals surface area contributed by atoms with Crippen LogP contribution in [0.4, 0.5) is 10.2 Å². The highest BCUT2D eigenvalue weighted by atomic mass is 35.5. The van der Waals surface area contributed by atoms with E-state index in [-0.39, 0.29) is 11.7 Å². The maximum Gasteiger partial charge on any atom is 0.267 e. The molecule has 1 N–H and O–H groups in total. The van der Waals surface area contributed by atoms with Gasteiger partial charge in [0.15, 0.2) is 11.9 Å². The molecule has 2 aromatic carbocycles. The fourth-order valence-corrected chi connectivity index (χ4v) is 3.13. The van der Waals surface area contributed by atoms with E-state index in [2.05, 4.69) is 10.4 Å². The molecule has 2 heterocycles. The van der Waals surface area contributed by atoms with E-state index in [4.69, 9.17) is 16.3 Å². The Labute approximate surface area is 154 Å². The van der Waals surface area contributed by atoms with Crippen LogP contribution in [0.3, 0.4) is 0 Å². The zero-order valence-corrected chi connectivity index (χ0v) is 14.6. The Morgan fingerprint density at radius 1 is 1.35 bits per heavy atom. The first-order valence-corrected chi connectivity index (χ1v) is 8.46. The SMILES string of the molecule is Cc1cn(-c2ccccc2Cl)nc1NC(=O)C1Cc2cc(F)ccc2O1. The lowest BCUT2D eigenvalue weighted by molar-refractivity contribution is -0.122. The molecule has 1 atom stereocenters. The molecule has 7 heteroatoms. The summed E-state index contributed by atoms with van der Waals surface area (Å²) in [6.45, 7) is 1.84. The maximum absolute atomic E-state index is 13.3. The summed E-state index contributed by atoms with van der Waals surface area (Å²) in [6.07, 6.45) is 1.40. The Morgan fingerprint density at radius 3 is 2.96 bits per heavy atom. The number of benzene rings is 2. The highest BCUT2D eigenvalue weighted by molar-refractivity contribution is 6.32. The number of anilines is 1. The van der Waals surface area contributed by atoms with Crippen molar-refractivity contribution in [3.8, 4) is 11.4 Å². The molecule has 0 bridgehead atoms. The Balaban J connectivity index is 1.52. The van der Waals surface area contributed by atoms with E-state index >= 15 is 0 Å². The number of aryl methyl sites for hydroxylation is 1. The van der Waals surface area contributed by atoms with Gasteiger partial charge in [-0.15, -0.1) is 5.10 Å². The molecule has 1 unspecified atom stereocenters. The fraction of sp³-hybridized carbons (Fsp3) is 0.158. The second-order valence-electron chi connectivity index (χ2n) is 6.11. The summed E-state index contributed by atoms with van der Waals surface area (Å²) in [5, 5.41) is 7.74.